The third kappa shape index (κ3) is 3.43. The highest BCUT2D eigenvalue weighted by atomic mass is 32.1. The summed E-state index contributed by atoms with van der Waals surface area (Å²) in [6.45, 7) is 2.21. The van der Waals surface area contributed by atoms with E-state index >= 15 is 0 Å². The van der Waals surface area contributed by atoms with E-state index in [0.29, 0.717) is 27.9 Å². The van der Waals surface area contributed by atoms with Gasteiger partial charge in [0.1, 0.15) is 16.8 Å². The van der Waals surface area contributed by atoms with Crippen LogP contribution in [-0.4, -0.2) is 17.5 Å². The second-order valence-corrected chi connectivity index (χ2v) is 8.31. The van der Waals surface area contributed by atoms with Crippen LogP contribution in [0.2, 0.25) is 0 Å². The fourth-order valence-electron chi connectivity index (χ4n) is 3.62. The van der Waals surface area contributed by atoms with Crippen molar-refractivity contribution in [2.75, 3.05) is 10.3 Å². The first-order valence-corrected chi connectivity index (χ1v) is 10.2. The Bertz CT molecular complexity index is 1000. The average Bonchev–Trinajstić information content (AvgIpc) is 3.04. The molecule has 1 aromatic carbocycles. The van der Waals surface area contributed by atoms with Gasteiger partial charge in [-0.3, -0.25) is 9.59 Å². The number of hydrogen-bond acceptors (Lipinski definition) is 5. The maximum atomic E-state index is 12.8. The molecule has 2 aliphatic rings. The van der Waals surface area contributed by atoms with Gasteiger partial charge >= 0.3 is 0 Å². The fourth-order valence-corrected chi connectivity index (χ4v) is 4.98. The molecule has 6 nitrogen and oxygen atoms in total. The van der Waals surface area contributed by atoms with Gasteiger partial charge in [-0.15, -0.1) is 11.3 Å². The van der Waals surface area contributed by atoms with Crippen molar-refractivity contribution < 1.29 is 9.59 Å². The molecule has 1 aliphatic heterocycles. The van der Waals surface area contributed by atoms with E-state index in [0.717, 1.165) is 24.8 Å². The Morgan fingerprint density at radius 2 is 2.07 bits per heavy atom. The zero-order valence-electron chi connectivity index (χ0n) is 15.6. The van der Waals surface area contributed by atoms with E-state index < -0.39 is 0 Å². The number of nitriles is 1. The first-order chi connectivity index (χ1) is 13.6. The van der Waals surface area contributed by atoms with Crippen LogP contribution >= 0.6 is 11.3 Å². The fraction of sp³-hybridized carbons (Fsp3) is 0.333. The van der Waals surface area contributed by atoms with Crippen molar-refractivity contribution >= 4 is 39.6 Å². The molecular formula is C21H20N4O2S. The maximum absolute atomic E-state index is 12.8. The van der Waals surface area contributed by atoms with Crippen molar-refractivity contribution in [2.45, 2.75) is 39.0 Å². The van der Waals surface area contributed by atoms with E-state index in [1.807, 2.05) is 18.2 Å². The predicted octanol–water partition coefficient (Wildman–Crippen LogP) is 3.87. The van der Waals surface area contributed by atoms with Crippen LogP contribution in [0.5, 0.6) is 0 Å². The lowest BCUT2D eigenvalue weighted by Crippen LogP contribution is -2.36. The molecule has 142 valence electrons. The summed E-state index contributed by atoms with van der Waals surface area (Å²) in [5, 5.41) is 18.6. The molecule has 4 rings (SSSR count). The second-order valence-electron chi connectivity index (χ2n) is 7.21. The summed E-state index contributed by atoms with van der Waals surface area (Å²) in [7, 11) is 0. The molecule has 2 heterocycles. The smallest absolute Gasteiger partial charge is 0.272 e. The number of nitrogens with one attached hydrogen (secondary N) is 1. The Balaban J connectivity index is 1.59. The summed E-state index contributed by atoms with van der Waals surface area (Å²) in [5.74, 6) is 0.104. The summed E-state index contributed by atoms with van der Waals surface area (Å²) < 4.78 is 0. The minimum Gasteiger partial charge on any atom is -0.311 e. The lowest BCUT2D eigenvalue weighted by atomic mass is 9.88. The van der Waals surface area contributed by atoms with Gasteiger partial charge in [0.05, 0.1) is 11.3 Å². The highest BCUT2D eigenvalue weighted by molar-refractivity contribution is 7.16. The molecule has 1 atom stereocenters. The van der Waals surface area contributed by atoms with Crippen molar-refractivity contribution in [1.82, 2.24) is 0 Å². The molecule has 0 radical (unpaired) electrons. The zero-order valence-corrected chi connectivity index (χ0v) is 16.4. The molecule has 0 unspecified atom stereocenters. The molecule has 1 N–H and O–H groups in total. The molecule has 2 aromatic rings. The van der Waals surface area contributed by atoms with Gasteiger partial charge in [0.25, 0.3) is 5.91 Å². The van der Waals surface area contributed by atoms with Gasteiger partial charge < -0.3 is 5.32 Å². The van der Waals surface area contributed by atoms with Crippen molar-refractivity contribution in [3.63, 3.8) is 0 Å². The van der Waals surface area contributed by atoms with E-state index in [2.05, 4.69) is 23.4 Å². The van der Waals surface area contributed by atoms with Crippen molar-refractivity contribution in [1.29, 1.82) is 5.26 Å². The van der Waals surface area contributed by atoms with Crippen molar-refractivity contribution in [3.05, 3.63) is 46.3 Å². The van der Waals surface area contributed by atoms with Crippen LogP contribution in [-0.2, 0) is 22.4 Å². The Hall–Kier alpha value is -2.98. The summed E-state index contributed by atoms with van der Waals surface area (Å²) in [4.78, 5) is 26.2. The normalized spacial score (nSPS) is 18.9. The highest BCUT2D eigenvalue weighted by Crippen LogP contribution is 2.39. The number of rotatable bonds is 3. The van der Waals surface area contributed by atoms with Gasteiger partial charge in [-0.05, 0) is 42.9 Å². The van der Waals surface area contributed by atoms with E-state index in [1.165, 1.54) is 21.2 Å². The molecule has 7 heteroatoms. The van der Waals surface area contributed by atoms with Gasteiger partial charge in [-0.2, -0.15) is 10.4 Å². The third-order valence-corrected chi connectivity index (χ3v) is 6.32. The Morgan fingerprint density at radius 1 is 1.29 bits per heavy atom. The Kier molecular flexibility index (Phi) is 4.97. The number of hydrogen-bond donors (Lipinski definition) is 1. The number of carbonyl (C=O) groups is 2. The monoisotopic (exact) mass is 392 g/mol. The number of nitrogens with zero attached hydrogens (tertiary/aromatic N) is 3. The number of hydrazone groups is 1. The van der Waals surface area contributed by atoms with Gasteiger partial charge in [-0.25, -0.2) is 5.01 Å². The minimum absolute atomic E-state index is 0.138. The number of carbonyl (C=O) groups excluding carboxylic acids is 2. The van der Waals surface area contributed by atoms with Crippen LogP contribution in [0.1, 0.15) is 42.2 Å². The highest BCUT2D eigenvalue weighted by Gasteiger charge is 2.28. The number of anilines is 2. The molecule has 0 spiro atoms. The van der Waals surface area contributed by atoms with Gasteiger partial charge in [-0.1, -0.05) is 25.1 Å². The number of benzene rings is 1. The van der Waals surface area contributed by atoms with E-state index in [1.54, 1.807) is 12.1 Å². The van der Waals surface area contributed by atoms with Crippen LogP contribution in [0.15, 0.2) is 35.4 Å². The lowest BCUT2D eigenvalue weighted by Gasteiger charge is -2.23. The molecule has 2 amide bonds. The number of amides is 2. The molecule has 0 saturated carbocycles. The summed E-state index contributed by atoms with van der Waals surface area (Å²) in [6, 6.07) is 11.3. The standard InChI is InChI=1S/C21H20N4O2S/c1-13-7-8-15-16(12-22)21(28-18(15)11-13)23-20(27)17-9-10-19(26)25(24-17)14-5-3-2-4-6-14/h2-6,13H,7-11H2,1H3,(H,23,27)/t13-/m0/s1. The van der Waals surface area contributed by atoms with Crippen molar-refractivity contribution in [2.24, 2.45) is 11.0 Å². The minimum atomic E-state index is -0.350. The van der Waals surface area contributed by atoms with Gasteiger partial charge in [0.15, 0.2) is 0 Å². The Labute approximate surface area is 167 Å². The second kappa shape index (κ2) is 7.56. The maximum Gasteiger partial charge on any atom is 0.272 e. The van der Waals surface area contributed by atoms with Crippen LogP contribution in [0.3, 0.4) is 0 Å². The molecule has 0 fully saturated rings. The summed E-state index contributed by atoms with van der Waals surface area (Å²) >= 11 is 1.49. The van der Waals surface area contributed by atoms with Crippen molar-refractivity contribution in [3.8, 4) is 6.07 Å². The molecule has 0 bridgehead atoms. The topological polar surface area (TPSA) is 85.6 Å². The summed E-state index contributed by atoms with van der Waals surface area (Å²) in [5.41, 5.74) is 2.59. The van der Waals surface area contributed by atoms with E-state index in [-0.39, 0.29) is 24.7 Å². The number of fused-ring (bicyclic) bond motifs is 1. The first-order valence-electron chi connectivity index (χ1n) is 9.38. The van der Waals surface area contributed by atoms with Crippen LogP contribution < -0.4 is 10.3 Å². The average molecular weight is 392 g/mol. The molecule has 28 heavy (non-hydrogen) atoms. The van der Waals surface area contributed by atoms with Crippen LogP contribution in [0, 0.1) is 17.2 Å². The molecule has 1 aromatic heterocycles. The largest absolute Gasteiger partial charge is 0.311 e. The quantitative estimate of drug-likeness (QED) is 0.860. The third-order valence-electron chi connectivity index (χ3n) is 5.15. The van der Waals surface area contributed by atoms with Gasteiger partial charge in [0.2, 0.25) is 5.91 Å². The zero-order chi connectivity index (χ0) is 19.7. The van der Waals surface area contributed by atoms with Gasteiger partial charge in [0, 0.05) is 17.7 Å². The predicted molar refractivity (Wildman–Crippen MR) is 109 cm³/mol. The SMILES string of the molecule is C[C@H]1CCc2c(sc(NC(=O)C3=NN(c4ccccc4)C(=O)CC3)c2C#N)C1. The van der Waals surface area contributed by atoms with E-state index in [4.69, 9.17) is 0 Å². The van der Waals surface area contributed by atoms with E-state index in [9.17, 15) is 14.9 Å². The lowest BCUT2D eigenvalue weighted by molar-refractivity contribution is -0.118. The molecule has 0 saturated heterocycles. The van der Waals surface area contributed by atoms with Crippen LogP contribution in [0.4, 0.5) is 10.7 Å². The summed E-state index contributed by atoms with van der Waals surface area (Å²) in [6.07, 6.45) is 3.40. The first kappa shape index (κ1) is 18.4. The van der Waals surface area contributed by atoms with Crippen LogP contribution in [0.25, 0.3) is 0 Å². The number of thiophene rings is 1. The molecule has 1 aliphatic carbocycles. The molecular weight excluding hydrogens is 372 g/mol. The Morgan fingerprint density at radius 3 is 2.82 bits per heavy atom. The number of para-hydroxylation sites is 1.